The normalized spacial score (nSPS) is 21.8. The third-order valence-corrected chi connectivity index (χ3v) is 3.82. The Morgan fingerprint density at radius 1 is 1.20 bits per heavy atom. The SMILES string of the molecule is CC1(c2ccccc2)OCC(=O)Nc2ccc(Cl)cc21. The second-order valence-corrected chi connectivity index (χ2v) is 5.36. The highest BCUT2D eigenvalue weighted by Gasteiger charge is 2.35. The fraction of sp³-hybridized carbons (Fsp3) is 0.188. The second-order valence-electron chi connectivity index (χ2n) is 4.93. The van der Waals surface area contributed by atoms with Crippen LogP contribution in [0.15, 0.2) is 48.5 Å². The van der Waals surface area contributed by atoms with E-state index in [1.165, 1.54) is 0 Å². The smallest absolute Gasteiger partial charge is 0.250 e. The van der Waals surface area contributed by atoms with Crippen molar-refractivity contribution >= 4 is 23.2 Å². The van der Waals surface area contributed by atoms with Gasteiger partial charge in [0, 0.05) is 16.3 Å². The first-order chi connectivity index (χ1) is 9.59. The lowest BCUT2D eigenvalue weighted by molar-refractivity contribution is -0.124. The number of amides is 1. The van der Waals surface area contributed by atoms with E-state index in [-0.39, 0.29) is 12.5 Å². The second kappa shape index (κ2) is 4.93. The molecule has 1 aliphatic rings. The number of rotatable bonds is 1. The summed E-state index contributed by atoms with van der Waals surface area (Å²) < 4.78 is 5.90. The fourth-order valence-corrected chi connectivity index (χ4v) is 2.66. The van der Waals surface area contributed by atoms with Crippen molar-refractivity contribution in [3.8, 4) is 0 Å². The van der Waals surface area contributed by atoms with E-state index in [1.54, 1.807) is 6.07 Å². The molecule has 0 aromatic heterocycles. The zero-order chi connectivity index (χ0) is 14.2. The van der Waals surface area contributed by atoms with Gasteiger partial charge in [0.25, 0.3) is 0 Å². The number of nitrogens with one attached hydrogen (secondary N) is 1. The quantitative estimate of drug-likeness (QED) is 0.871. The van der Waals surface area contributed by atoms with Crippen LogP contribution in [0.25, 0.3) is 0 Å². The number of hydrogen-bond donors (Lipinski definition) is 1. The van der Waals surface area contributed by atoms with Crippen molar-refractivity contribution in [3.05, 3.63) is 64.7 Å². The van der Waals surface area contributed by atoms with Gasteiger partial charge in [-0.05, 0) is 30.7 Å². The van der Waals surface area contributed by atoms with Crippen LogP contribution in [0.2, 0.25) is 5.02 Å². The average Bonchev–Trinajstić information content (AvgIpc) is 2.59. The Balaban J connectivity index is 2.21. The molecule has 0 spiro atoms. The van der Waals surface area contributed by atoms with Crippen molar-refractivity contribution < 1.29 is 9.53 Å². The van der Waals surface area contributed by atoms with Gasteiger partial charge in [-0.3, -0.25) is 4.79 Å². The first-order valence-corrected chi connectivity index (χ1v) is 6.77. The van der Waals surface area contributed by atoms with E-state index in [0.29, 0.717) is 5.02 Å². The van der Waals surface area contributed by atoms with E-state index in [0.717, 1.165) is 16.8 Å². The van der Waals surface area contributed by atoms with Crippen LogP contribution >= 0.6 is 11.6 Å². The first kappa shape index (κ1) is 13.2. The molecule has 2 aromatic carbocycles. The molecule has 3 nitrogen and oxygen atoms in total. The van der Waals surface area contributed by atoms with Crippen molar-refractivity contribution in [1.29, 1.82) is 0 Å². The predicted octanol–water partition coefficient (Wildman–Crippen LogP) is 3.57. The summed E-state index contributed by atoms with van der Waals surface area (Å²) in [5.74, 6) is -0.159. The van der Waals surface area contributed by atoms with Gasteiger partial charge in [0.1, 0.15) is 12.2 Å². The number of hydrogen-bond acceptors (Lipinski definition) is 2. The molecule has 20 heavy (non-hydrogen) atoms. The zero-order valence-electron chi connectivity index (χ0n) is 11.0. The average molecular weight is 288 g/mol. The summed E-state index contributed by atoms with van der Waals surface area (Å²) >= 11 is 6.11. The van der Waals surface area contributed by atoms with E-state index in [1.807, 2.05) is 49.4 Å². The third kappa shape index (κ3) is 2.19. The molecule has 1 heterocycles. The van der Waals surface area contributed by atoms with Gasteiger partial charge in [0.05, 0.1) is 0 Å². The molecule has 0 radical (unpaired) electrons. The Bertz CT molecular complexity index is 657. The maximum absolute atomic E-state index is 11.8. The summed E-state index contributed by atoms with van der Waals surface area (Å²) in [4.78, 5) is 11.8. The minimum absolute atomic E-state index is 0.0116. The molecule has 2 aromatic rings. The highest BCUT2D eigenvalue weighted by Crippen LogP contribution is 2.40. The summed E-state index contributed by atoms with van der Waals surface area (Å²) in [6.45, 7) is 1.97. The number of carbonyl (C=O) groups excluding carboxylic acids is 1. The van der Waals surface area contributed by atoms with Gasteiger partial charge in [0.2, 0.25) is 5.91 Å². The monoisotopic (exact) mass is 287 g/mol. The molecule has 0 saturated heterocycles. The van der Waals surface area contributed by atoms with E-state index >= 15 is 0 Å². The number of ether oxygens (including phenoxy) is 1. The molecule has 1 unspecified atom stereocenters. The van der Waals surface area contributed by atoms with Crippen molar-refractivity contribution in [1.82, 2.24) is 0 Å². The van der Waals surface area contributed by atoms with Crippen molar-refractivity contribution in [2.45, 2.75) is 12.5 Å². The van der Waals surface area contributed by atoms with Gasteiger partial charge in [-0.15, -0.1) is 0 Å². The van der Waals surface area contributed by atoms with Gasteiger partial charge in [0.15, 0.2) is 0 Å². The Hall–Kier alpha value is -1.84. The summed E-state index contributed by atoms with van der Waals surface area (Å²) in [6.07, 6.45) is 0. The number of halogens is 1. The van der Waals surface area contributed by atoms with Crippen LogP contribution < -0.4 is 5.32 Å². The molecule has 1 amide bonds. The van der Waals surface area contributed by atoms with E-state index < -0.39 is 5.60 Å². The standard InChI is InChI=1S/C16H14ClNO2/c1-16(11-5-3-2-4-6-11)13-9-12(17)7-8-14(13)18-15(19)10-20-16/h2-9H,10H2,1H3,(H,18,19). The lowest BCUT2D eigenvalue weighted by Crippen LogP contribution is -2.28. The molecule has 1 N–H and O–H groups in total. The van der Waals surface area contributed by atoms with Crippen LogP contribution in [-0.2, 0) is 15.1 Å². The van der Waals surface area contributed by atoms with Crippen molar-refractivity contribution in [2.75, 3.05) is 11.9 Å². The first-order valence-electron chi connectivity index (χ1n) is 6.39. The largest absolute Gasteiger partial charge is 0.356 e. The van der Waals surface area contributed by atoms with Crippen molar-refractivity contribution in [2.24, 2.45) is 0 Å². The lowest BCUT2D eigenvalue weighted by Gasteiger charge is -2.30. The van der Waals surface area contributed by atoms with Gasteiger partial charge in [-0.1, -0.05) is 41.9 Å². The van der Waals surface area contributed by atoms with Gasteiger partial charge < -0.3 is 10.1 Å². The Morgan fingerprint density at radius 2 is 1.95 bits per heavy atom. The predicted molar refractivity (Wildman–Crippen MR) is 78.9 cm³/mol. The Labute approximate surface area is 122 Å². The molecule has 0 saturated carbocycles. The maximum Gasteiger partial charge on any atom is 0.250 e. The number of fused-ring (bicyclic) bond motifs is 1. The van der Waals surface area contributed by atoms with Crippen LogP contribution in [0.3, 0.4) is 0 Å². The molecule has 1 aliphatic heterocycles. The summed E-state index contributed by atoms with van der Waals surface area (Å²) in [6, 6.07) is 15.2. The van der Waals surface area contributed by atoms with Crippen molar-refractivity contribution in [3.63, 3.8) is 0 Å². The van der Waals surface area contributed by atoms with Gasteiger partial charge in [-0.25, -0.2) is 0 Å². The molecule has 4 heteroatoms. The molecule has 3 rings (SSSR count). The highest BCUT2D eigenvalue weighted by molar-refractivity contribution is 6.30. The van der Waals surface area contributed by atoms with E-state index in [4.69, 9.17) is 16.3 Å². The topological polar surface area (TPSA) is 38.3 Å². The maximum atomic E-state index is 11.8. The lowest BCUT2D eigenvalue weighted by atomic mass is 9.87. The molecular formula is C16H14ClNO2. The summed E-state index contributed by atoms with van der Waals surface area (Å²) in [7, 11) is 0. The third-order valence-electron chi connectivity index (χ3n) is 3.59. The van der Waals surface area contributed by atoms with E-state index in [2.05, 4.69) is 5.32 Å². The minimum atomic E-state index is -0.708. The van der Waals surface area contributed by atoms with Crippen LogP contribution in [0.1, 0.15) is 18.1 Å². The Morgan fingerprint density at radius 3 is 2.70 bits per heavy atom. The minimum Gasteiger partial charge on any atom is -0.356 e. The summed E-state index contributed by atoms with van der Waals surface area (Å²) in [5, 5.41) is 3.47. The molecule has 1 atom stereocenters. The molecular weight excluding hydrogens is 274 g/mol. The van der Waals surface area contributed by atoms with Crippen LogP contribution in [0.4, 0.5) is 5.69 Å². The molecule has 0 bridgehead atoms. The fourth-order valence-electron chi connectivity index (χ4n) is 2.49. The molecule has 0 fully saturated rings. The van der Waals surface area contributed by atoms with E-state index in [9.17, 15) is 4.79 Å². The number of anilines is 1. The van der Waals surface area contributed by atoms with Crippen LogP contribution in [0, 0.1) is 0 Å². The zero-order valence-corrected chi connectivity index (χ0v) is 11.8. The van der Waals surface area contributed by atoms with Gasteiger partial charge >= 0.3 is 0 Å². The van der Waals surface area contributed by atoms with Crippen LogP contribution in [0.5, 0.6) is 0 Å². The number of benzene rings is 2. The number of carbonyl (C=O) groups is 1. The summed E-state index contributed by atoms with van der Waals surface area (Å²) in [5.41, 5.74) is 1.88. The molecule has 102 valence electrons. The van der Waals surface area contributed by atoms with Gasteiger partial charge in [-0.2, -0.15) is 0 Å². The Kier molecular flexibility index (Phi) is 3.24. The highest BCUT2D eigenvalue weighted by atomic mass is 35.5. The van der Waals surface area contributed by atoms with Crippen LogP contribution in [-0.4, -0.2) is 12.5 Å². The molecule has 0 aliphatic carbocycles.